The minimum atomic E-state index is -4.66. The van der Waals surface area contributed by atoms with Gasteiger partial charge in [-0.15, -0.1) is 5.11 Å². The Morgan fingerprint density at radius 1 is 0.667 bits per heavy atom. The summed E-state index contributed by atoms with van der Waals surface area (Å²) in [4.78, 5) is -0.828. The van der Waals surface area contributed by atoms with E-state index in [1.54, 1.807) is 26.0 Å². The molecule has 0 saturated heterocycles. The van der Waals surface area contributed by atoms with Gasteiger partial charge in [0.25, 0.3) is 20.2 Å². The van der Waals surface area contributed by atoms with Gasteiger partial charge in [-0.2, -0.15) is 32.2 Å². The van der Waals surface area contributed by atoms with Gasteiger partial charge in [-0.1, -0.05) is 0 Å². The average Bonchev–Trinajstić information content (AvgIpc) is 2.73. The fourth-order valence-electron chi connectivity index (χ4n) is 2.69. The lowest BCUT2D eigenvalue weighted by Crippen LogP contribution is -1.98. The summed E-state index contributed by atoms with van der Waals surface area (Å²) >= 11 is 0. The van der Waals surface area contributed by atoms with E-state index in [4.69, 9.17) is 10.3 Å². The highest BCUT2D eigenvalue weighted by atomic mass is 32.2. The molecule has 3 aromatic rings. The van der Waals surface area contributed by atoms with Crippen molar-refractivity contribution in [3.05, 3.63) is 65.7 Å². The van der Waals surface area contributed by atoms with Crippen LogP contribution >= 0.6 is 0 Å². The van der Waals surface area contributed by atoms with Gasteiger partial charge in [-0.25, -0.2) is 0 Å². The summed E-state index contributed by atoms with van der Waals surface area (Å²) in [5, 5.41) is 15.8. The Labute approximate surface area is 190 Å². The number of nitrogens with two attached hydrogens (primary N) is 1. The van der Waals surface area contributed by atoms with Crippen LogP contribution < -0.4 is 5.73 Å². The van der Waals surface area contributed by atoms with Gasteiger partial charge in [-0.3, -0.25) is 9.11 Å². The van der Waals surface area contributed by atoms with E-state index in [2.05, 4.69) is 20.5 Å². The maximum Gasteiger partial charge on any atom is 0.296 e. The highest BCUT2D eigenvalue weighted by Gasteiger charge is 2.17. The molecule has 0 aliphatic rings. The SMILES string of the molecule is Cc1cc(N=Nc2ccc(N=Nc3ccc(S(=O)(=O)O)cc3)cc2S(=O)(=O)O)c(C)cc1N. The topological polar surface area (TPSA) is 184 Å². The molecule has 0 radical (unpaired) electrons. The molecule has 0 spiro atoms. The van der Waals surface area contributed by atoms with E-state index in [9.17, 15) is 21.4 Å². The first-order valence-corrected chi connectivity index (χ1v) is 12.1. The van der Waals surface area contributed by atoms with Crippen molar-refractivity contribution in [2.45, 2.75) is 23.6 Å². The summed E-state index contributed by atoms with van der Waals surface area (Å²) in [5.41, 5.74) is 8.66. The zero-order valence-electron chi connectivity index (χ0n) is 17.4. The molecule has 0 aliphatic heterocycles. The third kappa shape index (κ3) is 6.04. The Hall–Kier alpha value is -3.52. The molecule has 0 atom stereocenters. The van der Waals surface area contributed by atoms with Crippen molar-refractivity contribution in [1.82, 2.24) is 0 Å². The van der Waals surface area contributed by atoms with Crippen LogP contribution in [-0.4, -0.2) is 25.9 Å². The highest BCUT2D eigenvalue weighted by Crippen LogP contribution is 2.32. The molecule has 0 bridgehead atoms. The molecule has 33 heavy (non-hydrogen) atoms. The molecule has 3 aromatic carbocycles. The molecule has 0 unspecified atom stereocenters. The second-order valence-electron chi connectivity index (χ2n) is 6.99. The molecule has 0 saturated carbocycles. The van der Waals surface area contributed by atoms with Crippen molar-refractivity contribution in [1.29, 1.82) is 0 Å². The predicted octanol–water partition coefficient (Wildman–Crippen LogP) is 5.21. The maximum atomic E-state index is 11.9. The maximum absolute atomic E-state index is 11.9. The van der Waals surface area contributed by atoms with Crippen LogP contribution in [0.15, 0.2) is 84.8 Å². The van der Waals surface area contributed by atoms with Gasteiger partial charge in [0.05, 0.1) is 22.0 Å². The molecule has 0 fully saturated rings. The minimum absolute atomic E-state index is 0.0833. The molecule has 13 heteroatoms. The Morgan fingerprint density at radius 3 is 1.85 bits per heavy atom. The van der Waals surface area contributed by atoms with Crippen LogP contribution in [0, 0.1) is 13.8 Å². The van der Waals surface area contributed by atoms with Crippen molar-refractivity contribution < 1.29 is 25.9 Å². The van der Waals surface area contributed by atoms with E-state index in [1.165, 1.54) is 24.3 Å². The number of hydrogen-bond acceptors (Lipinski definition) is 9. The molecule has 0 heterocycles. The average molecular weight is 490 g/mol. The molecule has 11 nitrogen and oxygen atoms in total. The van der Waals surface area contributed by atoms with Crippen LogP contribution in [-0.2, 0) is 20.2 Å². The quantitative estimate of drug-likeness (QED) is 0.241. The molecule has 0 aliphatic carbocycles. The first-order chi connectivity index (χ1) is 15.3. The number of nitrogens with zero attached hydrogens (tertiary/aromatic N) is 4. The second kappa shape index (κ2) is 9.15. The summed E-state index contributed by atoms with van der Waals surface area (Å²) in [6.07, 6.45) is 0. The molecule has 0 amide bonds. The largest absolute Gasteiger partial charge is 0.399 e. The van der Waals surface area contributed by atoms with E-state index in [-0.39, 0.29) is 22.0 Å². The van der Waals surface area contributed by atoms with E-state index >= 15 is 0 Å². The highest BCUT2D eigenvalue weighted by molar-refractivity contribution is 7.86. The number of aryl methyl sites for hydroxylation is 2. The van der Waals surface area contributed by atoms with E-state index in [0.717, 1.165) is 29.3 Å². The summed E-state index contributed by atoms with van der Waals surface area (Å²) in [5.74, 6) is 0. The molecular weight excluding hydrogens is 470 g/mol. The molecule has 3 rings (SSSR count). The van der Waals surface area contributed by atoms with Crippen molar-refractivity contribution in [2.75, 3.05) is 5.73 Å². The Kier molecular flexibility index (Phi) is 6.69. The van der Waals surface area contributed by atoms with Crippen LogP contribution in [0.1, 0.15) is 11.1 Å². The zero-order chi connectivity index (χ0) is 24.4. The van der Waals surface area contributed by atoms with Gasteiger partial charge in [0, 0.05) is 5.69 Å². The second-order valence-corrected chi connectivity index (χ2v) is 9.80. The van der Waals surface area contributed by atoms with Crippen LogP contribution in [0.2, 0.25) is 0 Å². The van der Waals surface area contributed by atoms with Gasteiger partial charge < -0.3 is 5.73 Å². The third-order valence-electron chi connectivity index (χ3n) is 4.49. The smallest absolute Gasteiger partial charge is 0.296 e. The van der Waals surface area contributed by atoms with E-state index < -0.39 is 25.1 Å². The zero-order valence-corrected chi connectivity index (χ0v) is 19.0. The Bertz CT molecular complexity index is 1480. The summed E-state index contributed by atoms with van der Waals surface area (Å²) in [7, 11) is -9.00. The molecule has 172 valence electrons. The van der Waals surface area contributed by atoms with Crippen molar-refractivity contribution in [2.24, 2.45) is 20.5 Å². The normalized spacial score (nSPS) is 12.6. The Balaban J connectivity index is 1.93. The standard InChI is InChI=1S/C20H19N5O6S2/c1-12-10-19(13(2)9-17(12)21)25-24-18-8-5-15(11-20(18)33(29,30)31)23-22-14-3-6-16(7-4-14)32(26,27)28/h3-11H,21H2,1-2H3,(H,26,27,28)(H,29,30,31). The van der Waals surface area contributed by atoms with Crippen LogP contribution in [0.5, 0.6) is 0 Å². The lowest BCUT2D eigenvalue weighted by Gasteiger charge is -2.06. The van der Waals surface area contributed by atoms with Gasteiger partial charge in [-0.05, 0) is 79.6 Å². The number of hydrogen-bond donors (Lipinski definition) is 3. The predicted molar refractivity (Wildman–Crippen MR) is 121 cm³/mol. The summed E-state index contributed by atoms with van der Waals surface area (Å²) < 4.78 is 64.5. The van der Waals surface area contributed by atoms with Crippen LogP contribution in [0.3, 0.4) is 0 Å². The van der Waals surface area contributed by atoms with Crippen LogP contribution in [0.25, 0.3) is 0 Å². The molecular formula is C20H19N5O6S2. The number of anilines is 1. The van der Waals surface area contributed by atoms with Gasteiger partial charge >= 0.3 is 0 Å². The number of nitrogen functional groups attached to an aromatic ring is 1. The van der Waals surface area contributed by atoms with Crippen molar-refractivity contribution >= 4 is 48.7 Å². The van der Waals surface area contributed by atoms with Crippen molar-refractivity contribution in [3.63, 3.8) is 0 Å². The fraction of sp³-hybridized carbons (Fsp3) is 0.100. The van der Waals surface area contributed by atoms with Gasteiger partial charge in [0.2, 0.25) is 0 Å². The monoisotopic (exact) mass is 489 g/mol. The lowest BCUT2D eigenvalue weighted by molar-refractivity contribution is 0.481. The number of benzene rings is 3. The van der Waals surface area contributed by atoms with E-state index in [1.807, 2.05) is 0 Å². The van der Waals surface area contributed by atoms with Gasteiger partial charge in [0.15, 0.2) is 0 Å². The lowest BCUT2D eigenvalue weighted by atomic mass is 10.1. The minimum Gasteiger partial charge on any atom is -0.399 e. The van der Waals surface area contributed by atoms with Crippen molar-refractivity contribution in [3.8, 4) is 0 Å². The molecule has 0 aromatic heterocycles. The van der Waals surface area contributed by atoms with Crippen LogP contribution in [0.4, 0.5) is 28.4 Å². The molecule has 4 N–H and O–H groups in total. The van der Waals surface area contributed by atoms with E-state index in [0.29, 0.717) is 11.4 Å². The first kappa shape index (κ1) is 24.1. The number of rotatable bonds is 6. The third-order valence-corrected chi connectivity index (χ3v) is 6.24. The van der Waals surface area contributed by atoms with Gasteiger partial charge in [0.1, 0.15) is 10.6 Å². The summed E-state index contributed by atoms with van der Waals surface area (Å²) in [6, 6.07) is 12.1. The summed E-state index contributed by atoms with van der Waals surface area (Å²) in [6.45, 7) is 3.58. The Morgan fingerprint density at radius 2 is 1.24 bits per heavy atom. The fourth-order valence-corrected chi connectivity index (χ4v) is 3.82. The number of azo groups is 2. The first-order valence-electron chi connectivity index (χ1n) is 9.24.